The van der Waals surface area contributed by atoms with Crippen LogP contribution in [0.1, 0.15) is 11.1 Å². The van der Waals surface area contributed by atoms with Crippen LogP contribution < -0.4 is 11.3 Å². The fourth-order valence-electron chi connectivity index (χ4n) is 2.11. The van der Waals surface area contributed by atoms with Gasteiger partial charge in [-0.2, -0.15) is 0 Å². The van der Waals surface area contributed by atoms with E-state index in [2.05, 4.69) is 21.4 Å². The van der Waals surface area contributed by atoms with Gasteiger partial charge in [0.15, 0.2) is 0 Å². The molecule has 1 unspecified atom stereocenters. The summed E-state index contributed by atoms with van der Waals surface area (Å²) in [5, 5.41) is 0. The smallest absolute Gasteiger partial charge is 0.129 e. The molecule has 3 N–H and O–H groups in total. The second-order valence-electron chi connectivity index (χ2n) is 4.74. The van der Waals surface area contributed by atoms with Crippen molar-refractivity contribution in [3.8, 4) is 0 Å². The van der Waals surface area contributed by atoms with Crippen molar-refractivity contribution in [1.29, 1.82) is 0 Å². The summed E-state index contributed by atoms with van der Waals surface area (Å²) < 4.78 is 41.0. The van der Waals surface area contributed by atoms with Crippen molar-refractivity contribution in [2.24, 2.45) is 5.84 Å². The number of halogens is 4. The number of hydrazine groups is 1. The Morgan fingerprint density at radius 1 is 0.952 bits per heavy atom. The third-order valence-corrected chi connectivity index (χ3v) is 3.68. The van der Waals surface area contributed by atoms with Gasteiger partial charge in [0.2, 0.25) is 0 Å². The Hall–Kier alpha value is -1.37. The molecule has 21 heavy (non-hydrogen) atoms. The average molecular weight is 359 g/mol. The van der Waals surface area contributed by atoms with Gasteiger partial charge in [-0.1, -0.05) is 22.0 Å². The maximum Gasteiger partial charge on any atom is 0.129 e. The lowest BCUT2D eigenvalue weighted by atomic mass is 9.99. The maximum absolute atomic E-state index is 13.7. The minimum atomic E-state index is -0.634. The first-order valence-electron chi connectivity index (χ1n) is 6.33. The summed E-state index contributed by atoms with van der Waals surface area (Å²) in [5.41, 5.74) is 3.34. The Morgan fingerprint density at radius 3 is 2.33 bits per heavy atom. The molecule has 0 aromatic heterocycles. The van der Waals surface area contributed by atoms with Crippen LogP contribution in [0.4, 0.5) is 13.2 Å². The van der Waals surface area contributed by atoms with Crippen molar-refractivity contribution in [1.82, 2.24) is 5.43 Å². The minimum absolute atomic E-state index is 0.231. The van der Waals surface area contributed by atoms with Crippen LogP contribution in [-0.2, 0) is 12.8 Å². The summed E-state index contributed by atoms with van der Waals surface area (Å²) in [5.74, 6) is 3.84. The molecule has 0 radical (unpaired) electrons. The molecule has 2 aromatic rings. The highest BCUT2D eigenvalue weighted by atomic mass is 79.9. The molecular formula is C15H14BrF3N2. The zero-order valence-corrected chi connectivity index (χ0v) is 12.6. The molecule has 0 amide bonds. The average Bonchev–Trinajstić information content (AvgIpc) is 2.44. The first-order chi connectivity index (χ1) is 9.99. The number of hydrogen-bond donors (Lipinski definition) is 2. The SMILES string of the molecule is NNC(Cc1ccc(F)cc1F)Cc1cc(Br)ccc1F. The lowest BCUT2D eigenvalue weighted by Gasteiger charge is -2.17. The quantitative estimate of drug-likeness (QED) is 0.634. The van der Waals surface area contributed by atoms with E-state index < -0.39 is 11.6 Å². The van der Waals surface area contributed by atoms with Gasteiger partial charge in [0, 0.05) is 16.6 Å². The zero-order valence-electron chi connectivity index (χ0n) is 11.0. The highest BCUT2D eigenvalue weighted by molar-refractivity contribution is 9.10. The zero-order chi connectivity index (χ0) is 15.4. The Bertz CT molecular complexity index is 634. The van der Waals surface area contributed by atoms with E-state index in [1.165, 1.54) is 18.2 Å². The standard InChI is InChI=1S/C15H14BrF3N2/c16-11-2-4-14(18)10(5-11)7-13(21-20)6-9-1-3-12(17)8-15(9)19/h1-5,8,13,21H,6-7,20H2. The first kappa shape index (κ1) is 16.0. The van der Waals surface area contributed by atoms with Crippen LogP contribution in [-0.4, -0.2) is 6.04 Å². The van der Waals surface area contributed by atoms with Crippen LogP contribution >= 0.6 is 15.9 Å². The Morgan fingerprint density at radius 2 is 1.67 bits per heavy atom. The molecule has 0 saturated heterocycles. The summed E-state index contributed by atoms with van der Waals surface area (Å²) >= 11 is 3.27. The van der Waals surface area contributed by atoms with Gasteiger partial charge in [-0.05, 0) is 48.2 Å². The monoisotopic (exact) mass is 358 g/mol. The largest absolute Gasteiger partial charge is 0.271 e. The van der Waals surface area contributed by atoms with E-state index in [4.69, 9.17) is 5.84 Å². The van der Waals surface area contributed by atoms with E-state index in [-0.39, 0.29) is 18.3 Å². The molecular weight excluding hydrogens is 345 g/mol. The second-order valence-corrected chi connectivity index (χ2v) is 5.66. The van der Waals surface area contributed by atoms with Gasteiger partial charge in [-0.3, -0.25) is 11.3 Å². The topological polar surface area (TPSA) is 38.0 Å². The minimum Gasteiger partial charge on any atom is -0.271 e. The molecule has 0 aliphatic carbocycles. The van der Waals surface area contributed by atoms with E-state index in [1.54, 1.807) is 12.1 Å². The van der Waals surface area contributed by atoms with E-state index in [0.29, 0.717) is 17.5 Å². The van der Waals surface area contributed by atoms with Crippen LogP contribution in [0.25, 0.3) is 0 Å². The van der Waals surface area contributed by atoms with Crippen molar-refractivity contribution in [3.63, 3.8) is 0 Å². The maximum atomic E-state index is 13.7. The van der Waals surface area contributed by atoms with Crippen LogP contribution in [0.15, 0.2) is 40.9 Å². The Labute approximate surface area is 129 Å². The lowest BCUT2D eigenvalue weighted by molar-refractivity contribution is 0.491. The summed E-state index contributed by atoms with van der Waals surface area (Å²) in [6, 6.07) is 7.62. The number of benzene rings is 2. The number of nitrogens with one attached hydrogen (secondary N) is 1. The highest BCUT2D eigenvalue weighted by Gasteiger charge is 2.15. The lowest BCUT2D eigenvalue weighted by Crippen LogP contribution is -2.38. The van der Waals surface area contributed by atoms with E-state index >= 15 is 0 Å². The van der Waals surface area contributed by atoms with Crippen molar-refractivity contribution >= 4 is 15.9 Å². The summed E-state index contributed by atoms with van der Waals surface area (Å²) in [7, 11) is 0. The Balaban J connectivity index is 2.14. The fraction of sp³-hybridized carbons (Fsp3) is 0.200. The van der Waals surface area contributed by atoms with Crippen molar-refractivity contribution in [3.05, 3.63) is 69.4 Å². The van der Waals surface area contributed by atoms with Crippen LogP contribution in [0.3, 0.4) is 0 Å². The van der Waals surface area contributed by atoms with Crippen molar-refractivity contribution in [2.75, 3.05) is 0 Å². The van der Waals surface area contributed by atoms with Gasteiger partial charge in [-0.15, -0.1) is 0 Å². The fourth-order valence-corrected chi connectivity index (χ4v) is 2.52. The summed E-state index contributed by atoms with van der Waals surface area (Å²) in [6.07, 6.45) is 0.521. The van der Waals surface area contributed by atoms with Crippen LogP contribution in [0.5, 0.6) is 0 Å². The van der Waals surface area contributed by atoms with Gasteiger partial charge in [0.1, 0.15) is 17.5 Å². The predicted molar refractivity (Wildman–Crippen MR) is 79.0 cm³/mol. The number of hydrogen-bond acceptors (Lipinski definition) is 2. The van der Waals surface area contributed by atoms with Crippen LogP contribution in [0.2, 0.25) is 0 Å². The highest BCUT2D eigenvalue weighted by Crippen LogP contribution is 2.19. The molecule has 0 aliphatic rings. The van der Waals surface area contributed by atoms with Gasteiger partial charge < -0.3 is 0 Å². The van der Waals surface area contributed by atoms with E-state index in [1.807, 2.05) is 0 Å². The molecule has 0 spiro atoms. The number of rotatable bonds is 5. The summed E-state index contributed by atoms with van der Waals surface area (Å²) in [4.78, 5) is 0. The van der Waals surface area contributed by atoms with Gasteiger partial charge in [-0.25, -0.2) is 13.2 Å². The normalized spacial score (nSPS) is 12.4. The van der Waals surface area contributed by atoms with Crippen molar-refractivity contribution < 1.29 is 13.2 Å². The summed E-state index contributed by atoms with van der Waals surface area (Å²) in [6.45, 7) is 0. The Kier molecular flexibility index (Phi) is 5.39. The van der Waals surface area contributed by atoms with E-state index in [0.717, 1.165) is 10.5 Å². The van der Waals surface area contributed by atoms with Crippen molar-refractivity contribution in [2.45, 2.75) is 18.9 Å². The molecule has 0 fully saturated rings. The van der Waals surface area contributed by atoms with Gasteiger partial charge in [0.25, 0.3) is 0 Å². The number of nitrogens with two attached hydrogens (primary N) is 1. The molecule has 0 bridgehead atoms. The molecule has 0 aliphatic heterocycles. The molecule has 2 rings (SSSR count). The molecule has 0 heterocycles. The molecule has 0 saturated carbocycles. The van der Waals surface area contributed by atoms with E-state index in [9.17, 15) is 13.2 Å². The third kappa shape index (κ3) is 4.30. The van der Waals surface area contributed by atoms with Crippen LogP contribution in [0, 0.1) is 17.5 Å². The molecule has 1 atom stereocenters. The molecule has 2 aromatic carbocycles. The molecule has 112 valence electrons. The predicted octanol–water partition coefficient (Wildman–Crippen LogP) is 3.48. The third-order valence-electron chi connectivity index (χ3n) is 3.19. The van der Waals surface area contributed by atoms with Gasteiger partial charge in [0.05, 0.1) is 0 Å². The van der Waals surface area contributed by atoms with Gasteiger partial charge >= 0.3 is 0 Å². The molecule has 2 nitrogen and oxygen atoms in total. The molecule has 6 heteroatoms. The first-order valence-corrected chi connectivity index (χ1v) is 7.13. The second kappa shape index (κ2) is 7.06.